The van der Waals surface area contributed by atoms with Gasteiger partial charge in [0.1, 0.15) is 0 Å². The minimum absolute atomic E-state index is 0.501. The van der Waals surface area contributed by atoms with Gasteiger partial charge in [0.25, 0.3) is 0 Å². The zero-order valence-electron chi connectivity index (χ0n) is 11.0. The zero-order valence-corrected chi connectivity index (χ0v) is 12.6. The first-order valence-corrected chi connectivity index (χ1v) is 7.32. The predicted molar refractivity (Wildman–Crippen MR) is 84.2 cm³/mol. The van der Waals surface area contributed by atoms with Crippen LogP contribution in [0.5, 0.6) is 0 Å². The highest BCUT2D eigenvalue weighted by atomic mass is 79.9. The van der Waals surface area contributed by atoms with E-state index in [2.05, 4.69) is 15.9 Å². The van der Waals surface area contributed by atoms with E-state index in [1.165, 1.54) is 0 Å². The number of hydrogen-bond donors (Lipinski definition) is 3. The Bertz CT molecular complexity index is 488. The van der Waals surface area contributed by atoms with Crippen molar-refractivity contribution in [3.05, 3.63) is 64.1 Å². The van der Waals surface area contributed by atoms with Gasteiger partial charge in [0, 0.05) is 10.2 Å². The number of benzene rings is 2. The molecule has 0 spiro atoms. The minimum Gasteiger partial charge on any atom is -0.399 e. The van der Waals surface area contributed by atoms with Crippen molar-refractivity contribution in [3.8, 4) is 0 Å². The third kappa shape index (κ3) is 4.07. The smallest absolute Gasteiger partial charge is 0.0791 e. The molecule has 0 aliphatic heterocycles. The van der Waals surface area contributed by atoms with Gasteiger partial charge in [-0.2, -0.15) is 0 Å². The fourth-order valence-corrected chi connectivity index (χ4v) is 2.32. The number of aliphatic hydroxyl groups excluding tert-OH is 2. The maximum Gasteiger partial charge on any atom is 0.0791 e. The summed E-state index contributed by atoms with van der Waals surface area (Å²) in [6.45, 7) is 0. The molecule has 4 N–H and O–H groups in total. The van der Waals surface area contributed by atoms with Crippen LogP contribution < -0.4 is 5.73 Å². The van der Waals surface area contributed by atoms with E-state index in [1.807, 2.05) is 36.4 Å². The maximum absolute atomic E-state index is 10.1. The van der Waals surface area contributed by atoms with Crippen LogP contribution >= 0.6 is 15.9 Å². The maximum atomic E-state index is 10.1. The van der Waals surface area contributed by atoms with E-state index in [0.29, 0.717) is 18.5 Å². The van der Waals surface area contributed by atoms with Crippen molar-refractivity contribution in [2.45, 2.75) is 25.0 Å². The highest BCUT2D eigenvalue weighted by molar-refractivity contribution is 9.10. The van der Waals surface area contributed by atoms with E-state index >= 15 is 0 Å². The zero-order chi connectivity index (χ0) is 14.5. The average molecular weight is 336 g/mol. The lowest BCUT2D eigenvalue weighted by Crippen LogP contribution is -2.03. The Morgan fingerprint density at radius 2 is 1.20 bits per heavy atom. The van der Waals surface area contributed by atoms with Crippen LogP contribution in [0.2, 0.25) is 0 Å². The molecule has 2 unspecified atom stereocenters. The molecule has 0 amide bonds. The van der Waals surface area contributed by atoms with Gasteiger partial charge in [-0.05, 0) is 48.2 Å². The van der Waals surface area contributed by atoms with Gasteiger partial charge in [0.2, 0.25) is 0 Å². The fourth-order valence-electron chi connectivity index (χ4n) is 2.05. The topological polar surface area (TPSA) is 66.5 Å². The second-order valence-electron chi connectivity index (χ2n) is 4.83. The van der Waals surface area contributed by atoms with E-state index in [4.69, 9.17) is 5.73 Å². The second kappa shape index (κ2) is 6.88. The summed E-state index contributed by atoms with van der Waals surface area (Å²) in [6, 6.07) is 14.7. The number of aliphatic hydroxyl groups is 2. The molecule has 0 heterocycles. The normalized spacial score (nSPS) is 13.9. The summed E-state index contributed by atoms with van der Waals surface area (Å²) in [7, 11) is 0. The fraction of sp³-hybridized carbons (Fsp3) is 0.250. The number of rotatable bonds is 5. The quantitative estimate of drug-likeness (QED) is 0.731. The summed E-state index contributed by atoms with van der Waals surface area (Å²) >= 11 is 3.36. The van der Waals surface area contributed by atoms with Crippen LogP contribution in [0.1, 0.15) is 36.2 Å². The molecule has 4 heteroatoms. The Morgan fingerprint density at radius 3 is 1.65 bits per heavy atom. The van der Waals surface area contributed by atoms with Gasteiger partial charge in [-0.15, -0.1) is 0 Å². The van der Waals surface area contributed by atoms with Crippen LogP contribution in [0.15, 0.2) is 53.0 Å². The first-order chi connectivity index (χ1) is 9.56. The Morgan fingerprint density at radius 1 is 0.800 bits per heavy atom. The molecule has 0 fully saturated rings. The summed E-state index contributed by atoms with van der Waals surface area (Å²) in [4.78, 5) is 0. The molecule has 0 bridgehead atoms. The Balaban J connectivity index is 1.91. The van der Waals surface area contributed by atoms with Gasteiger partial charge >= 0.3 is 0 Å². The number of halogens is 1. The number of anilines is 1. The highest BCUT2D eigenvalue weighted by Crippen LogP contribution is 2.26. The summed E-state index contributed by atoms with van der Waals surface area (Å²) in [5.74, 6) is 0. The standard InChI is InChI=1S/C16H18BrNO2/c17-13-5-1-11(2-6-13)15(19)9-10-16(20)12-3-7-14(18)8-4-12/h1-8,15-16,19-20H,9-10,18H2. The van der Waals surface area contributed by atoms with Crippen LogP contribution in [-0.4, -0.2) is 10.2 Å². The Kier molecular flexibility index (Phi) is 5.17. The van der Waals surface area contributed by atoms with Crippen molar-refractivity contribution in [2.24, 2.45) is 0 Å². The van der Waals surface area contributed by atoms with E-state index in [0.717, 1.165) is 15.6 Å². The molecular weight excluding hydrogens is 318 g/mol. The van der Waals surface area contributed by atoms with E-state index in [-0.39, 0.29) is 0 Å². The lowest BCUT2D eigenvalue weighted by Gasteiger charge is -2.15. The molecule has 106 valence electrons. The van der Waals surface area contributed by atoms with Crippen LogP contribution in [0.3, 0.4) is 0 Å². The number of hydrogen-bond acceptors (Lipinski definition) is 3. The van der Waals surface area contributed by atoms with Gasteiger partial charge in [-0.25, -0.2) is 0 Å². The van der Waals surface area contributed by atoms with Crippen LogP contribution in [0.25, 0.3) is 0 Å². The minimum atomic E-state index is -0.583. The van der Waals surface area contributed by atoms with Crippen molar-refractivity contribution < 1.29 is 10.2 Å². The average Bonchev–Trinajstić information content (AvgIpc) is 2.46. The van der Waals surface area contributed by atoms with Gasteiger partial charge in [0.15, 0.2) is 0 Å². The van der Waals surface area contributed by atoms with Gasteiger partial charge in [-0.3, -0.25) is 0 Å². The van der Waals surface area contributed by atoms with Crippen molar-refractivity contribution in [1.82, 2.24) is 0 Å². The highest BCUT2D eigenvalue weighted by Gasteiger charge is 2.12. The lowest BCUT2D eigenvalue weighted by molar-refractivity contribution is 0.115. The molecule has 2 rings (SSSR count). The molecule has 0 aliphatic rings. The van der Waals surface area contributed by atoms with Gasteiger partial charge in [-0.1, -0.05) is 40.2 Å². The molecule has 2 atom stereocenters. The van der Waals surface area contributed by atoms with Crippen molar-refractivity contribution in [2.75, 3.05) is 5.73 Å². The van der Waals surface area contributed by atoms with Crippen LogP contribution in [-0.2, 0) is 0 Å². The molecule has 2 aromatic carbocycles. The summed E-state index contributed by atoms with van der Waals surface area (Å²) in [6.07, 6.45) is -0.138. The summed E-state index contributed by atoms with van der Waals surface area (Å²) in [5.41, 5.74) is 7.97. The molecule has 20 heavy (non-hydrogen) atoms. The summed E-state index contributed by atoms with van der Waals surface area (Å²) in [5, 5.41) is 20.2. The molecule has 0 saturated carbocycles. The molecular formula is C16H18BrNO2. The van der Waals surface area contributed by atoms with Crippen LogP contribution in [0, 0.1) is 0 Å². The Hall–Kier alpha value is -1.36. The first kappa shape index (κ1) is 15.0. The van der Waals surface area contributed by atoms with Crippen molar-refractivity contribution in [1.29, 1.82) is 0 Å². The summed E-state index contributed by atoms with van der Waals surface area (Å²) < 4.78 is 0.982. The molecule has 0 saturated heterocycles. The predicted octanol–water partition coefficient (Wildman–Crippen LogP) is 3.58. The van der Waals surface area contributed by atoms with Crippen LogP contribution in [0.4, 0.5) is 5.69 Å². The third-order valence-corrected chi connectivity index (χ3v) is 3.82. The molecule has 0 radical (unpaired) electrons. The molecule has 2 aromatic rings. The second-order valence-corrected chi connectivity index (χ2v) is 5.74. The van der Waals surface area contributed by atoms with Gasteiger partial charge in [0.05, 0.1) is 12.2 Å². The molecule has 0 aromatic heterocycles. The SMILES string of the molecule is Nc1ccc(C(O)CCC(O)c2ccc(Br)cc2)cc1. The van der Waals surface area contributed by atoms with E-state index in [9.17, 15) is 10.2 Å². The number of nitrogens with two attached hydrogens (primary N) is 1. The largest absolute Gasteiger partial charge is 0.399 e. The van der Waals surface area contributed by atoms with Gasteiger partial charge < -0.3 is 15.9 Å². The first-order valence-electron chi connectivity index (χ1n) is 6.53. The van der Waals surface area contributed by atoms with E-state index in [1.54, 1.807) is 12.1 Å². The van der Waals surface area contributed by atoms with Crippen molar-refractivity contribution in [3.63, 3.8) is 0 Å². The lowest BCUT2D eigenvalue weighted by atomic mass is 9.99. The molecule has 3 nitrogen and oxygen atoms in total. The van der Waals surface area contributed by atoms with E-state index < -0.39 is 12.2 Å². The third-order valence-electron chi connectivity index (χ3n) is 3.29. The molecule has 0 aliphatic carbocycles. The number of nitrogen functional groups attached to an aromatic ring is 1. The monoisotopic (exact) mass is 335 g/mol. The van der Waals surface area contributed by atoms with Crippen molar-refractivity contribution >= 4 is 21.6 Å². The Labute approximate surface area is 127 Å².